The smallest absolute Gasteiger partial charge is 0.325 e. The number of fused-ring (bicyclic) bond motifs is 1. The van der Waals surface area contributed by atoms with E-state index in [4.69, 9.17) is 9.47 Å². The van der Waals surface area contributed by atoms with Crippen LogP contribution >= 0.6 is 0 Å². The Kier molecular flexibility index (Phi) is 5.31. The Bertz CT molecular complexity index is 1040. The molecular formula is C23H25N3O5. The van der Waals surface area contributed by atoms with Crippen LogP contribution in [0.25, 0.3) is 0 Å². The minimum absolute atomic E-state index is 0.164. The van der Waals surface area contributed by atoms with Crippen LogP contribution in [0.1, 0.15) is 23.6 Å². The summed E-state index contributed by atoms with van der Waals surface area (Å²) in [5.41, 5.74) is 1.80. The second kappa shape index (κ2) is 7.94. The van der Waals surface area contributed by atoms with Crippen molar-refractivity contribution in [2.24, 2.45) is 0 Å². The van der Waals surface area contributed by atoms with Crippen molar-refractivity contribution >= 4 is 17.8 Å². The topological polar surface area (TPSA) is 88.2 Å². The van der Waals surface area contributed by atoms with Crippen LogP contribution in [-0.4, -0.2) is 53.6 Å². The van der Waals surface area contributed by atoms with Crippen LogP contribution in [0.4, 0.5) is 4.79 Å². The van der Waals surface area contributed by atoms with Gasteiger partial charge in [-0.15, -0.1) is 0 Å². The number of nitrogens with one attached hydrogen (secondary N) is 1. The van der Waals surface area contributed by atoms with Gasteiger partial charge in [0.2, 0.25) is 12.7 Å². The van der Waals surface area contributed by atoms with E-state index in [0.717, 1.165) is 21.6 Å². The lowest BCUT2D eigenvalue weighted by Gasteiger charge is -2.23. The number of ether oxygens (including phenoxy) is 2. The summed E-state index contributed by atoms with van der Waals surface area (Å²) < 4.78 is 10.7. The number of carbonyl (C=O) groups excluding carboxylic acids is 3. The number of aryl methyl sites for hydroxylation is 1. The summed E-state index contributed by atoms with van der Waals surface area (Å²) >= 11 is 0. The number of amides is 4. The van der Waals surface area contributed by atoms with Gasteiger partial charge in [-0.2, -0.15) is 0 Å². The molecule has 162 valence electrons. The van der Waals surface area contributed by atoms with Crippen molar-refractivity contribution in [1.82, 2.24) is 15.1 Å². The molecule has 0 bridgehead atoms. The third-order valence-electron chi connectivity index (χ3n) is 5.60. The molecule has 1 unspecified atom stereocenters. The monoisotopic (exact) mass is 423 g/mol. The molecule has 0 aromatic heterocycles. The van der Waals surface area contributed by atoms with E-state index >= 15 is 0 Å². The predicted octanol–water partition coefficient (Wildman–Crippen LogP) is 2.24. The molecule has 1 saturated heterocycles. The largest absolute Gasteiger partial charge is 0.454 e. The van der Waals surface area contributed by atoms with Gasteiger partial charge in [0.1, 0.15) is 12.1 Å². The summed E-state index contributed by atoms with van der Waals surface area (Å²) in [6, 6.07) is 12.7. The zero-order chi connectivity index (χ0) is 22.2. The number of hydrogen-bond acceptors (Lipinski definition) is 5. The lowest BCUT2D eigenvalue weighted by molar-refractivity contribution is -0.138. The number of carbonyl (C=O) groups is 3. The van der Waals surface area contributed by atoms with Crippen molar-refractivity contribution in [2.75, 3.05) is 20.4 Å². The number of benzene rings is 2. The van der Waals surface area contributed by atoms with Gasteiger partial charge < -0.3 is 19.7 Å². The molecule has 2 aliphatic heterocycles. The van der Waals surface area contributed by atoms with Crippen LogP contribution in [0.15, 0.2) is 42.5 Å². The Morgan fingerprint density at radius 2 is 1.77 bits per heavy atom. The lowest BCUT2D eigenvalue weighted by atomic mass is 9.92. The second-order valence-corrected chi connectivity index (χ2v) is 8.25. The summed E-state index contributed by atoms with van der Waals surface area (Å²) in [5, 5.41) is 2.74. The van der Waals surface area contributed by atoms with E-state index in [2.05, 4.69) is 5.32 Å². The lowest BCUT2D eigenvalue weighted by Crippen LogP contribution is -2.47. The fourth-order valence-electron chi connectivity index (χ4n) is 3.78. The van der Waals surface area contributed by atoms with E-state index in [9.17, 15) is 14.4 Å². The van der Waals surface area contributed by atoms with E-state index in [1.807, 2.05) is 37.3 Å². The van der Waals surface area contributed by atoms with Gasteiger partial charge in [-0.25, -0.2) is 4.79 Å². The maximum Gasteiger partial charge on any atom is 0.325 e. The summed E-state index contributed by atoms with van der Waals surface area (Å²) in [4.78, 5) is 40.7. The molecule has 8 nitrogen and oxygen atoms in total. The molecule has 2 aromatic carbocycles. The summed E-state index contributed by atoms with van der Waals surface area (Å²) in [6.07, 6.45) is 0.276. The number of imide groups is 1. The van der Waals surface area contributed by atoms with Crippen molar-refractivity contribution in [3.05, 3.63) is 59.2 Å². The highest BCUT2D eigenvalue weighted by Gasteiger charge is 2.48. The summed E-state index contributed by atoms with van der Waals surface area (Å²) in [7, 11) is 1.66. The highest BCUT2D eigenvalue weighted by atomic mass is 16.7. The average molecular weight is 423 g/mol. The average Bonchev–Trinajstić information content (AvgIpc) is 3.27. The second-order valence-electron chi connectivity index (χ2n) is 8.25. The first-order valence-corrected chi connectivity index (χ1v) is 10.1. The van der Waals surface area contributed by atoms with Crippen LogP contribution in [-0.2, 0) is 22.6 Å². The predicted molar refractivity (Wildman–Crippen MR) is 113 cm³/mol. The molecule has 8 heteroatoms. The highest BCUT2D eigenvalue weighted by Crippen LogP contribution is 2.34. The third kappa shape index (κ3) is 4.19. The molecule has 0 radical (unpaired) electrons. The van der Waals surface area contributed by atoms with Gasteiger partial charge in [0.15, 0.2) is 11.5 Å². The van der Waals surface area contributed by atoms with Gasteiger partial charge in [0.25, 0.3) is 5.91 Å². The molecule has 1 atom stereocenters. The molecule has 2 aliphatic rings. The van der Waals surface area contributed by atoms with E-state index in [1.54, 1.807) is 26.1 Å². The van der Waals surface area contributed by atoms with Crippen LogP contribution in [0.3, 0.4) is 0 Å². The number of urea groups is 1. The number of nitrogens with zero attached hydrogens (tertiary/aromatic N) is 2. The van der Waals surface area contributed by atoms with Crippen LogP contribution < -0.4 is 14.8 Å². The fourth-order valence-corrected chi connectivity index (χ4v) is 3.78. The minimum atomic E-state index is -1.14. The van der Waals surface area contributed by atoms with Gasteiger partial charge in [-0.3, -0.25) is 14.5 Å². The molecule has 4 amide bonds. The van der Waals surface area contributed by atoms with E-state index in [1.165, 1.54) is 4.90 Å². The zero-order valence-electron chi connectivity index (χ0n) is 17.8. The van der Waals surface area contributed by atoms with Crippen LogP contribution in [0.2, 0.25) is 0 Å². The van der Waals surface area contributed by atoms with Gasteiger partial charge >= 0.3 is 6.03 Å². The molecule has 0 aliphatic carbocycles. The molecule has 2 aromatic rings. The molecule has 1 fully saturated rings. The van der Waals surface area contributed by atoms with Crippen molar-refractivity contribution in [3.8, 4) is 11.5 Å². The summed E-state index contributed by atoms with van der Waals surface area (Å²) in [6.45, 7) is 3.92. The third-order valence-corrected chi connectivity index (χ3v) is 5.60. The molecule has 0 spiro atoms. The standard InChI is InChI=1S/C23H25N3O5/c1-15-4-6-16(7-5-15)12-25(3)20(27)13-26-21(28)23(2,24-22(26)29)11-17-8-9-18-19(10-17)31-14-30-18/h4-10H,11-14H2,1-3H3,(H,24,29). The van der Waals surface area contributed by atoms with E-state index < -0.39 is 17.5 Å². The number of hydrogen-bond donors (Lipinski definition) is 1. The van der Waals surface area contributed by atoms with E-state index in [0.29, 0.717) is 18.0 Å². The zero-order valence-corrected chi connectivity index (χ0v) is 17.8. The first kappa shape index (κ1) is 20.7. The number of rotatable bonds is 6. The molecule has 2 heterocycles. The maximum atomic E-state index is 13.0. The summed E-state index contributed by atoms with van der Waals surface area (Å²) in [5.74, 6) is 0.533. The maximum absolute atomic E-state index is 13.0. The van der Waals surface area contributed by atoms with Crippen molar-refractivity contribution in [3.63, 3.8) is 0 Å². The van der Waals surface area contributed by atoms with Crippen molar-refractivity contribution in [1.29, 1.82) is 0 Å². The van der Waals surface area contributed by atoms with Crippen molar-refractivity contribution < 1.29 is 23.9 Å². The fraction of sp³-hybridized carbons (Fsp3) is 0.348. The van der Waals surface area contributed by atoms with Crippen molar-refractivity contribution in [2.45, 2.75) is 32.4 Å². The molecule has 0 saturated carbocycles. The molecule has 31 heavy (non-hydrogen) atoms. The Labute approximate surface area is 180 Å². The van der Waals surface area contributed by atoms with Gasteiger partial charge in [0.05, 0.1) is 0 Å². The van der Waals surface area contributed by atoms with Gasteiger partial charge in [-0.1, -0.05) is 35.9 Å². The first-order chi connectivity index (χ1) is 14.7. The molecule has 4 rings (SSSR count). The number of likely N-dealkylation sites (N-methyl/N-ethyl adjacent to an activating group) is 1. The van der Waals surface area contributed by atoms with E-state index in [-0.39, 0.29) is 25.7 Å². The Hall–Kier alpha value is -3.55. The Morgan fingerprint density at radius 3 is 2.52 bits per heavy atom. The highest BCUT2D eigenvalue weighted by molar-refractivity contribution is 6.08. The van der Waals surface area contributed by atoms with Crippen LogP contribution in [0, 0.1) is 6.92 Å². The molecule has 1 N–H and O–H groups in total. The molecular weight excluding hydrogens is 398 g/mol. The van der Waals surface area contributed by atoms with Crippen LogP contribution in [0.5, 0.6) is 11.5 Å². The quantitative estimate of drug-likeness (QED) is 0.720. The van der Waals surface area contributed by atoms with Gasteiger partial charge in [0, 0.05) is 20.0 Å². The SMILES string of the molecule is Cc1ccc(CN(C)C(=O)CN2C(=O)NC(C)(Cc3ccc4c(c3)OCO4)C2=O)cc1. The Balaban J connectivity index is 1.41. The first-order valence-electron chi connectivity index (χ1n) is 10.1. The minimum Gasteiger partial charge on any atom is -0.454 e. The Morgan fingerprint density at radius 1 is 1.10 bits per heavy atom. The normalized spacial score (nSPS) is 19.5. The van der Waals surface area contributed by atoms with Gasteiger partial charge in [-0.05, 0) is 37.1 Å².